The van der Waals surface area contributed by atoms with Crippen LogP contribution < -0.4 is 0 Å². The molecule has 1 N–H and O–H groups in total. The second-order valence-corrected chi connectivity index (χ2v) is 5.16. The minimum Gasteiger partial charge on any atom is -0.480 e. The van der Waals surface area contributed by atoms with E-state index in [-0.39, 0.29) is 12.3 Å². The third kappa shape index (κ3) is 4.37. The van der Waals surface area contributed by atoms with Crippen LogP contribution in [0.1, 0.15) is 27.4 Å². The summed E-state index contributed by atoms with van der Waals surface area (Å²) >= 11 is 0. The van der Waals surface area contributed by atoms with Gasteiger partial charge in [0.05, 0.1) is 5.56 Å². The number of carbonyl (C=O) groups excluding carboxylic acids is 1. The van der Waals surface area contributed by atoms with E-state index in [4.69, 9.17) is 9.52 Å². The molecule has 0 spiro atoms. The Morgan fingerprint density at radius 3 is 2.21 bits per heavy atom. The first-order valence-corrected chi connectivity index (χ1v) is 6.90. The molecule has 0 saturated heterocycles. The van der Waals surface area contributed by atoms with Crippen LogP contribution in [0.25, 0.3) is 0 Å². The molecule has 0 radical (unpaired) electrons. The van der Waals surface area contributed by atoms with Crippen molar-refractivity contribution >= 4 is 11.9 Å². The molecule has 5 nitrogen and oxygen atoms in total. The van der Waals surface area contributed by atoms with E-state index in [1.54, 1.807) is 13.0 Å². The minimum absolute atomic E-state index is 0.0272. The van der Waals surface area contributed by atoms with Crippen LogP contribution in [-0.2, 0) is 17.5 Å². The zero-order valence-electron chi connectivity index (χ0n) is 12.6. The highest BCUT2D eigenvalue weighted by atomic mass is 19.4. The number of rotatable bonds is 5. The fraction of sp³-hybridized carbons (Fsp3) is 0.250. The van der Waals surface area contributed by atoms with Crippen molar-refractivity contribution in [3.8, 4) is 0 Å². The van der Waals surface area contributed by atoms with E-state index in [1.165, 1.54) is 18.2 Å². The van der Waals surface area contributed by atoms with Crippen molar-refractivity contribution in [1.29, 1.82) is 0 Å². The maximum absolute atomic E-state index is 12.6. The summed E-state index contributed by atoms with van der Waals surface area (Å²) in [5.74, 6) is -1.42. The number of aryl methyl sites for hydroxylation is 1. The molecule has 0 bridgehead atoms. The fourth-order valence-electron chi connectivity index (χ4n) is 2.09. The van der Waals surface area contributed by atoms with Crippen molar-refractivity contribution in [2.24, 2.45) is 0 Å². The lowest BCUT2D eigenvalue weighted by atomic mass is 10.1. The Hall–Kier alpha value is -2.77. The molecule has 128 valence electrons. The van der Waals surface area contributed by atoms with Crippen LogP contribution in [0.3, 0.4) is 0 Å². The highest BCUT2D eigenvalue weighted by Gasteiger charge is 2.30. The summed E-state index contributed by atoms with van der Waals surface area (Å²) in [4.78, 5) is 24.3. The standard InChI is InChI=1S/C16H14F3NO4/c1-10-2-7-13(24-10)15(23)20(9-14(21)22)8-11-3-5-12(6-4-11)16(17,18)19/h2-7H,8-9H2,1H3,(H,21,22). The number of carbonyl (C=O) groups is 2. The zero-order valence-corrected chi connectivity index (χ0v) is 12.6. The lowest BCUT2D eigenvalue weighted by molar-refractivity contribution is -0.138. The van der Waals surface area contributed by atoms with Crippen molar-refractivity contribution in [1.82, 2.24) is 4.90 Å². The summed E-state index contributed by atoms with van der Waals surface area (Å²) in [6, 6.07) is 7.16. The topological polar surface area (TPSA) is 70.8 Å². The van der Waals surface area contributed by atoms with Gasteiger partial charge in [0.15, 0.2) is 5.76 Å². The summed E-state index contributed by atoms with van der Waals surface area (Å²) < 4.78 is 42.8. The number of nitrogens with zero attached hydrogens (tertiary/aromatic N) is 1. The first-order valence-electron chi connectivity index (χ1n) is 6.90. The monoisotopic (exact) mass is 341 g/mol. The van der Waals surface area contributed by atoms with E-state index >= 15 is 0 Å². The van der Waals surface area contributed by atoms with Gasteiger partial charge in [0.2, 0.25) is 0 Å². The number of alkyl halides is 3. The van der Waals surface area contributed by atoms with Gasteiger partial charge in [0, 0.05) is 6.54 Å². The molecule has 1 aromatic carbocycles. The average Bonchev–Trinajstić information content (AvgIpc) is 2.91. The number of hydrogen-bond donors (Lipinski definition) is 1. The predicted octanol–water partition coefficient (Wildman–Crippen LogP) is 3.33. The molecule has 0 aliphatic carbocycles. The molecule has 0 saturated carbocycles. The van der Waals surface area contributed by atoms with Crippen molar-refractivity contribution in [3.05, 3.63) is 59.0 Å². The van der Waals surface area contributed by atoms with Crippen LogP contribution in [0, 0.1) is 6.92 Å². The summed E-state index contributed by atoms with van der Waals surface area (Å²) in [6.45, 7) is 0.886. The number of amides is 1. The fourth-order valence-corrected chi connectivity index (χ4v) is 2.09. The van der Waals surface area contributed by atoms with Crippen LogP contribution in [0.2, 0.25) is 0 Å². The molecule has 1 aromatic heterocycles. The number of furan rings is 1. The Bertz CT molecular complexity index is 735. The van der Waals surface area contributed by atoms with Crippen LogP contribution in [-0.4, -0.2) is 28.4 Å². The molecular weight excluding hydrogens is 327 g/mol. The molecule has 24 heavy (non-hydrogen) atoms. The van der Waals surface area contributed by atoms with Gasteiger partial charge in [-0.3, -0.25) is 9.59 Å². The quantitative estimate of drug-likeness (QED) is 0.905. The number of benzene rings is 1. The molecule has 1 heterocycles. The van der Waals surface area contributed by atoms with E-state index in [0.29, 0.717) is 11.3 Å². The normalized spacial score (nSPS) is 11.3. The average molecular weight is 341 g/mol. The molecule has 0 aliphatic heterocycles. The molecule has 2 aromatic rings. The largest absolute Gasteiger partial charge is 0.480 e. The van der Waals surface area contributed by atoms with Gasteiger partial charge in [0.25, 0.3) is 5.91 Å². The molecular formula is C16H14F3NO4. The van der Waals surface area contributed by atoms with Gasteiger partial charge in [-0.15, -0.1) is 0 Å². The number of hydrogen-bond acceptors (Lipinski definition) is 3. The van der Waals surface area contributed by atoms with Gasteiger partial charge in [0.1, 0.15) is 12.3 Å². The van der Waals surface area contributed by atoms with E-state index in [9.17, 15) is 22.8 Å². The smallest absolute Gasteiger partial charge is 0.416 e. The second kappa shape index (κ2) is 6.77. The highest BCUT2D eigenvalue weighted by Crippen LogP contribution is 2.29. The Kier molecular flexibility index (Phi) is 4.96. The number of halogens is 3. The Labute approximate surface area is 135 Å². The van der Waals surface area contributed by atoms with Gasteiger partial charge >= 0.3 is 12.1 Å². The highest BCUT2D eigenvalue weighted by molar-refractivity contribution is 5.93. The molecule has 2 rings (SSSR count). The van der Waals surface area contributed by atoms with Gasteiger partial charge in [-0.05, 0) is 36.8 Å². The van der Waals surface area contributed by atoms with Crippen molar-refractivity contribution in [2.45, 2.75) is 19.6 Å². The number of aliphatic carboxylic acids is 1. The zero-order chi connectivity index (χ0) is 17.9. The molecule has 0 atom stereocenters. The molecule has 1 amide bonds. The van der Waals surface area contributed by atoms with Crippen molar-refractivity contribution in [3.63, 3.8) is 0 Å². The summed E-state index contributed by atoms with van der Waals surface area (Å²) in [7, 11) is 0. The molecule has 0 unspecified atom stereocenters. The minimum atomic E-state index is -4.46. The third-order valence-electron chi connectivity index (χ3n) is 3.22. The third-order valence-corrected chi connectivity index (χ3v) is 3.22. The van der Waals surface area contributed by atoms with Crippen LogP contribution in [0.4, 0.5) is 13.2 Å². The van der Waals surface area contributed by atoms with Gasteiger partial charge in [-0.1, -0.05) is 12.1 Å². The van der Waals surface area contributed by atoms with Gasteiger partial charge < -0.3 is 14.4 Å². The van der Waals surface area contributed by atoms with E-state index in [0.717, 1.165) is 17.0 Å². The van der Waals surface area contributed by atoms with Crippen LogP contribution in [0.15, 0.2) is 40.8 Å². The molecule has 0 aliphatic rings. The summed E-state index contributed by atoms with van der Waals surface area (Å²) in [5.41, 5.74) is -0.440. The molecule has 0 fully saturated rings. The maximum atomic E-state index is 12.6. The number of carboxylic acid groups (broad SMARTS) is 1. The summed E-state index contributed by atoms with van der Waals surface area (Å²) in [5, 5.41) is 8.94. The first kappa shape index (κ1) is 17.6. The van der Waals surface area contributed by atoms with Gasteiger partial charge in [-0.2, -0.15) is 13.2 Å². The SMILES string of the molecule is Cc1ccc(C(=O)N(CC(=O)O)Cc2ccc(C(F)(F)F)cc2)o1. The van der Waals surface area contributed by atoms with Crippen molar-refractivity contribution < 1.29 is 32.3 Å². The number of carboxylic acids is 1. The lowest BCUT2D eigenvalue weighted by Gasteiger charge is -2.20. The molecule has 8 heteroatoms. The van der Waals surface area contributed by atoms with Crippen LogP contribution >= 0.6 is 0 Å². The lowest BCUT2D eigenvalue weighted by Crippen LogP contribution is -2.35. The van der Waals surface area contributed by atoms with E-state index in [2.05, 4.69) is 0 Å². The Morgan fingerprint density at radius 2 is 1.75 bits per heavy atom. The van der Waals surface area contributed by atoms with Crippen LogP contribution in [0.5, 0.6) is 0 Å². The Balaban J connectivity index is 2.19. The Morgan fingerprint density at radius 1 is 1.12 bits per heavy atom. The second-order valence-electron chi connectivity index (χ2n) is 5.16. The van der Waals surface area contributed by atoms with Gasteiger partial charge in [-0.25, -0.2) is 0 Å². The predicted molar refractivity (Wildman–Crippen MR) is 77.3 cm³/mol. The van der Waals surface area contributed by atoms with E-state index in [1.807, 2.05) is 0 Å². The van der Waals surface area contributed by atoms with Crippen molar-refractivity contribution in [2.75, 3.05) is 6.54 Å². The first-order chi connectivity index (χ1) is 11.2. The maximum Gasteiger partial charge on any atom is 0.416 e. The van der Waals surface area contributed by atoms with E-state index < -0.39 is 30.2 Å². The summed E-state index contributed by atoms with van der Waals surface area (Å²) in [6.07, 6.45) is -4.46.